The maximum absolute atomic E-state index is 13.0. The second-order valence-electron chi connectivity index (χ2n) is 7.18. The number of hydrogen-bond acceptors (Lipinski definition) is 5. The molecule has 3 rings (SSSR count). The zero-order valence-electron chi connectivity index (χ0n) is 16.4. The van der Waals surface area contributed by atoms with Crippen LogP contribution in [-0.4, -0.2) is 24.1 Å². The van der Waals surface area contributed by atoms with Gasteiger partial charge in [0.15, 0.2) is 0 Å². The lowest BCUT2D eigenvalue weighted by molar-refractivity contribution is -0.144. The fourth-order valence-electron chi connectivity index (χ4n) is 3.78. The lowest BCUT2D eigenvalue weighted by atomic mass is 9.71. The highest BCUT2D eigenvalue weighted by molar-refractivity contribution is 7.98. The van der Waals surface area contributed by atoms with Gasteiger partial charge >= 0.3 is 5.97 Å². The van der Waals surface area contributed by atoms with Gasteiger partial charge in [0.25, 0.3) is 0 Å². The van der Waals surface area contributed by atoms with Crippen LogP contribution in [0.2, 0.25) is 0 Å². The third-order valence-electron chi connectivity index (χ3n) is 5.40. The van der Waals surface area contributed by atoms with Gasteiger partial charge in [-0.3, -0.25) is 4.79 Å². The molecule has 1 aromatic carbocycles. The summed E-state index contributed by atoms with van der Waals surface area (Å²) in [5, 5.41) is 3.31. The normalized spacial score (nSPS) is 23.3. The molecule has 0 radical (unpaired) electrons. The number of Topliss-reactive ketones (excluding diaryl/α,β-unsaturated/α-hetero) is 1. The Bertz CT molecular complexity index is 794. The minimum absolute atomic E-state index is 0.156. The van der Waals surface area contributed by atoms with E-state index in [1.54, 1.807) is 11.8 Å². The first kappa shape index (κ1) is 19.7. The minimum atomic E-state index is -0.345. The number of carbonyl (C=O) groups is 2. The summed E-state index contributed by atoms with van der Waals surface area (Å²) >= 11 is 1.67. The van der Waals surface area contributed by atoms with Gasteiger partial charge in [0, 0.05) is 28.6 Å². The second-order valence-corrected chi connectivity index (χ2v) is 8.06. The Morgan fingerprint density at radius 3 is 2.63 bits per heavy atom. The lowest BCUT2D eigenvalue weighted by Crippen LogP contribution is -2.41. The molecule has 0 spiro atoms. The van der Waals surface area contributed by atoms with Crippen LogP contribution in [0.5, 0.6) is 0 Å². The van der Waals surface area contributed by atoms with Crippen molar-refractivity contribution in [2.24, 2.45) is 5.92 Å². The van der Waals surface area contributed by atoms with Crippen LogP contribution in [0.15, 0.2) is 52.2 Å². The third kappa shape index (κ3) is 3.98. The third-order valence-corrected chi connectivity index (χ3v) is 6.14. The summed E-state index contributed by atoms with van der Waals surface area (Å²) in [6.45, 7) is 5.78. The average molecular weight is 386 g/mol. The van der Waals surface area contributed by atoms with Gasteiger partial charge in [0.05, 0.1) is 17.6 Å². The number of benzene rings is 1. The summed E-state index contributed by atoms with van der Waals surface area (Å²) in [5.74, 6) is -0.800. The summed E-state index contributed by atoms with van der Waals surface area (Å²) in [6, 6.07) is 8.16. The Balaban J connectivity index is 2.08. The molecule has 1 aliphatic heterocycles. The molecule has 1 N–H and O–H groups in total. The van der Waals surface area contributed by atoms with Gasteiger partial charge in [0.2, 0.25) is 0 Å². The van der Waals surface area contributed by atoms with Gasteiger partial charge in [-0.25, -0.2) is 4.79 Å². The van der Waals surface area contributed by atoms with Gasteiger partial charge < -0.3 is 10.1 Å². The van der Waals surface area contributed by atoms with E-state index in [-0.39, 0.29) is 29.7 Å². The number of fused-ring (bicyclic) bond motifs is 1. The molecule has 1 aromatic rings. The highest BCUT2D eigenvalue weighted by Crippen LogP contribution is 2.44. The van der Waals surface area contributed by atoms with E-state index in [1.165, 1.54) is 0 Å². The van der Waals surface area contributed by atoms with Crippen molar-refractivity contribution in [2.45, 2.75) is 57.0 Å². The molecule has 2 aliphatic rings. The number of ketones is 1. The Labute approximate surface area is 165 Å². The molecular formula is C22H27NO3S. The maximum Gasteiger partial charge on any atom is 0.336 e. The first-order chi connectivity index (χ1) is 13.0. The topological polar surface area (TPSA) is 55.4 Å². The van der Waals surface area contributed by atoms with Crippen LogP contribution in [0.25, 0.3) is 0 Å². The Hall–Kier alpha value is -2.01. The first-order valence-corrected chi connectivity index (χ1v) is 10.7. The fraction of sp³-hybridized carbons (Fsp3) is 0.455. The number of carbonyl (C=O) groups excluding carboxylic acids is 2. The molecule has 5 heteroatoms. The number of ether oxygens (including phenoxy) is 1. The van der Waals surface area contributed by atoms with Crippen LogP contribution in [0, 0.1) is 5.92 Å². The van der Waals surface area contributed by atoms with E-state index >= 15 is 0 Å². The van der Waals surface area contributed by atoms with Gasteiger partial charge in [-0.05, 0) is 50.6 Å². The van der Waals surface area contributed by atoms with Crippen LogP contribution >= 0.6 is 11.8 Å². The van der Waals surface area contributed by atoms with Crippen molar-refractivity contribution in [3.8, 4) is 0 Å². The first-order valence-electron chi connectivity index (χ1n) is 9.51. The summed E-state index contributed by atoms with van der Waals surface area (Å²) in [5.41, 5.74) is 3.25. The zero-order chi connectivity index (χ0) is 19.6. The van der Waals surface area contributed by atoms with Gasteiger partial charge in [-0.1, -0.05) is 25.1 Å². The monoisotopic (exact) mass is 385 g/mol. The van der Waals surface area contributed by atoms with Crippen molar-refractivity contribution in [2.75, 3.05) is 6.26 Å². The van der Waals surface area contributed by atoms with Gasteiger partial charge in [-0.2, -0.15) is 0 Å². The number of allylic oxidation sites excluding steroid dienone is 3. The van der Waals surface area contributed by atoms with Crippen molar-refractivity contribution in [3.05, 3.63) is 52.9 Å². The molecule has 4 nitrogen and oxygen atoms in total. The average Bonchev–Trinajstić information content (AvgIpc) is 2.67. The standard InChI is InChI=1S/C22H27NO3S/c1-5-13(2)26-22(25)19-14(3)23-17-7-6-8-18(24)21(17)20(19)15-9-11-16(27-4)12-10-15/h7,9-13,20-21,23H,5-6,8H2,1-4H3. The highest BCUT2D eigenvalue weighted by Gasteiger charge is 2.43. The molecule has 27 heavy (non-hydrogen) atoms. The molecule has 0 amide bonds. The molecule has 3 unspecified atom stereocenters. The van der Waals surface area contributed by atoms with Crippen LogP contribution in [-0.2, 0) is 14.3 Å². The van der Waals surface area contributed by atoms with Crippen LogP contribution in [0.3, 0.4) is 0 Å². The second kappa shape index (κ2) is 8.34. The van der Waals surface area contributed by atoms with E-state index < -0.39 is 0 Å². The summed E-state index contributed by atoms with van der Waals surface area (Å²) in [6.07, 6.45) is 5.99. The van der Waals surface area contributed by atoms with Crippen molar-refractivity contribution in [1.29, 1.82) is 0 Å². The summed E-state index contributed by atoms with van der Waals surface area (Å²) in [4.78, 5) is 27.0. The Kier molecular flexibility index (Phi) is 6.10. The smallest absolute Gasteiger partial charge is 0.336 e. The van der Waals surface area contributed by atoms with Crippen molar-refractivity contribution < 1.29 is 14.3 Å². The van der Waals surface area contributed by atoms with E-state index in [9.17, 15) is 9.59 Å². The predicted molar refractivity (Wildman–Crippen MR) is 108 cm³/mol. The van der Waals surface area contributed by atoms with Crippen molar-refractivity contribution in [1.82, 2.24) is 5.32 Å². The zero-order valence-corrected chi connectivity index (χ0v) is 17.2. The predicted octanol–water partition coefficient (Wildman–Crippen LogP) is 4.57. The highest BCUT2D eigenvalue weighted by atomic mass is 32.2. The largest absolute Gasteiger partial charge is 0.459 e. The quantitative estimate of drug-likeness (QED) is 0.594. The molecule has 0 saturated carbocycles. The molecule has 0 saturated heterocycles. The minimum Gasteiger partial charge on any atom is -0.459 e. The number of nitrogens with one attached hydrogen (secondary N) is 1. The molecule has 3 atom stereocenters. The van der Waals surface area contributed by atoms with Crippen LogP contribution in [0.1, 0.15) is 51.5 Å². The molecule has 1 aliphatic carbocycles. The molecule has 144 valence electrons. The lowest BCUT2D eigenvalue weighted by Gasteiger charge is -2.38. The summed E-state index contributed by atoms with van der Waals surface area (Å²) in [7, 11) is 0. The molecule has 1 heterocycles. The molecule has 0 aromatic heterocycles. The van der Waals surface area contributed by atoms with Crippen molar-refractivity contribution >= 4 is 23.5 Å². The van der Waals surface area contributed by atoms with E-state index in [0.29, 0.717) is 12.0 Å². The van der Waals surface area contributed by atoms with E-state index in [0.717, 1.165) is 34.7 Å². The van der Waals surface area contributed by atoms with E-state index in [4.69, 9.17) is 4.74 Å². The molecule has 0 fully saturated rings. The molecular weight excluding hydrogens is 358 g/mol. The maximum atomic E-state index is 13.0. The van der Waals surface area contributed by atoms with Gasteiger partial charge in [-0.15, -0.1) is 11.8 Å². The fourth-order valence-corrected chi connectivity index (χ4v) is 4.19. The number of rotatable bonds is 5. The van der Waals surface area contributed by atoms with Crippen molar-refractivity contribution in [3.63, 3.8) is 0 Å². The van der Waals surface area contributed by atoms with E-state index in [1.807, 2.05) is 51.3 Å². The van der Waals surface area contributed by atoms with Crippen LogP contribution < -0.4 is 5.32 Å². The summed E-state index contributed by atoms with van der Waals surface area (Å²) < 4.78 is 5.65. The van der Waals surface area contributed by atoms with Gasteiger partial charge in [0.1, 0.15) is 5.78 Å². The number of esters is 1. The number of thioether (sulfide) groups is 1. The molecule has 0 bridgehead atoms. The Morgan fingerprint density at radius 1 is 1.30 bits per heavy atom. The SMILES string of the molecule is CCC(C)OC(=O)C1=C(C)NC2=CCCC(=O)C2C1c1ccc(SC)cc1. The Morgan fingerprint density at radius 2 is 2.00 bits per heavy atom. The number of hydrogen-bond donors (Lipinski definition) is 1. The van der Waals surface area contributed by atoms with Crippen LogP contribution in [0.4, 0.5) is 0 Å². The van der Waals surface area contributed by atoms with E-state index in [2.05, 4.69) is 11.4 Å².